The zero-order valence-corrected chi connectivity index (χ0v) is 16.5. The van der Waals surface area contributed by atoms with E-state index in [4.69, 9.17) is 5.73 Å². The Hall–Kier alpha value is -2.88. The number of halogens is 3. The smallest absolute Gasteiger partial charge is 0.367 e. The quantitative estimate of drug-likeness (QED) is 0.701. The van der Waals surface area contributed by atoms with Crippen LogP contribution in [0.4, 0.5) is 30.6 Å². The van der Waals surface area contributed by atoms with Gasteiger partial charge >= 0.3 is 6.18 Å². The first-order valence-electron chi connectivity index (χ1n) is 9.82. The van der Waals surface area contributed by atoms with Crippen molar-refractivity contribution < 1.29 is 18.0 Å². The van der Waals surface area contributed by atoms with Gasteiger partial charge in [-0.15, -0.1) is 0 Å². The van der Waals surface area contributed by atoms with Crippen molar-refractivity contribution in [3.63, 3.8) is 0 Å². The van der Waals surface area contributed by atoms with Gasteiger partial charge in [-0.05, 0) is 49.4 Å². The van der Waals surface area contributed by atoms with E-state index in [-0.39, 0.29) is 29.8 Å². The molecule has 2 heterocycles. The van der Waals surface area contributed by atoms with Gasteiger partial charge in [0.05, 0.1) is 0 Å². The molecule has 10 heteroatoms. The van der Waals surface area contributed by atoms with Gasteiger partial charge in [0.25, 0.3) is 5.91 Å². The summed E-state index contributed by atoms with van der Waals surface area (Å²) in [5.74, 6) is -0.242. The lowest BCUT2D eigenvalue weighted by molar-refractivity contribution is -0.137. The SMILES string of the molecule is CN1Cc2cc(Nc3ncc(C(F)(F)F)c(NC4CCC(N)CC4)n3)ccc2C1=O. The van der Waals surface area contributed by atoms with E-state index in [0.29, 0.717) is 30.6 Å². The molecule has 0 saturated heterocycles. The average Bonchev–Trinajstić information content (AvgIpc) is 2.96. The topological polar surface area (TPSA) is 96.2 Å². The number of rotatable bonds is 4. The Morgan fingerprint density at radius 2 is 1.93 bits per heavy atom. The maximum Gasteiger partial charge on any atom is 0.421 e. The van der Waals surface area contributed by atoms with Crippen LogP contribution in [0, 0.1) is 0 Å². The van der Waals surface area contributed by atoms with Crippen LogP contribution in [-0.2, 0) is 12.7 Å². The minimum absolute atomic E-state index is 0.0515. The van der Waals surface area contributed by atoms with Gasteiger partial charge in [0.15, 0.2) is 0 Å². The second-order valence-corrected chi connectivity index (χ2v) is 7.87. The summed E-state index contributed by atoms with van der Waals surface area (Å²) in [4.78, 5) is 21.6. The number of amides is 1. The van der Waals surface area contributed by atoms with Crippen LogP contribution in [0.3, 0.4) is 0 Å². The first kappa shape index (κ1) is 20.4. The number of fused-ring (bicyclic) bond motifs is 1. The van der Waals surface area contributed by atoms with Gasteiger partial charge in [0, 0.05) is 43.1 Å². The third-order valence-corrected chi connectivity index (χ3v) is 5.55. The van der Waals surface area contributed by atoms with E-state index in [1.165, 1.54) is 0 Å². The number of alkyl halides is 3. The Morgan fingerprint density at radius 1 is 1.20 bits per heavy atom. The molecule has 1 aliphatic carbocycles. The normalized spacial score (nSPS) is 21.5. The second kappa shape index (κ2) is 7.75. The standard InChI is InChI=1S/C20H23F3N6O/c1-29-10-11-8-14(6-7-15(11)18(29)30)27-19-25-9-16(20(21,22)23)17(28-19)26-13-4-2-12(24)3-5-13/h6-9,12-13H,2-5,10,24H2,1H3,(H2,25,26,27,28). The van der Waals surface area contributed by atoms with Crippen molar-refractivity contribution in [2.45, 2.75) is 50.5 Å². The Kier molecular flexibility index (Phi) is 5.27. The summed E-state index contributed by atoms with van der Waals surface area (Å²) in [5, 5.41) is 5.89. The lowest BCUT2D eigenvalue weighted by Gasteiger charge is -2.28. The molecule has 0 unspecified atom stereocenters. The molecule has 0 spiro atoms. The van der Waals surface area contributed by atoms with Crippen LogP contribution < -0.4 is 16.4 Å². The fourth-order valence-corrected chi connectivity index (χ4v) is 3.89. The van der Waals surface area contributed by atoms with Crippen molar-refractivity contribution in [2.75, 3.05) is 17.7 Å². The number of anilines is 3. The molecule has 0 bridgehead atoms. The zero-order valence-electron chi connectivity index (χ0n) is 16.5. The molecule has 0 radical (unpaired) electrons. The van der Waals surface area contributed by atoms with E-state index >= 15 is 0 Å². The monoisotopic (exact) mass is 420 g/mol. The molecule has 0 atom stereocenters. The number of hydrogen-bond acceptors (Lipinski definition) is 6. The van der Waals surface area contributed by atoms with Crippen molar-refractivity contribution in [3.8, 4) is 0 Å². The van der Waals surface area contributed by atoms with Crippen LogP contribution in [0.5, 0.6) is 0 Å². The molecule has 160 valence electrons. The minimum atomic E-state index is -4.57. The van der Waals surface area contributed by atoms with Gasteiger partial charge < -0.3 is 21.3 Å². The van der Waals surface area contributed by atoms with E-state index in [2.05, 4.69) is 20.6 Å². The van der Waals surface area contributed by atoms with Crippen LogP contribution in [0.25, 0.3) is 0 Å². The largest absolute Gasteiger partial charge is 0.421 e. The highest BCUT2D eigenvalue weighted by Gasteiger charge is 2.36. The predicted octanol–water partition coefficient (Wildman–Crippen LogP) is 3.51. The van der Waals surface area contributed by atoms with Crippen LogP contribution in [0.2, 0.25) is 0 Å². The van der Waals surface area contributed by atoms with E-state index in [9.17, 15) is 18.0 Å². The maximum atomic E-state index is 13.4. The van der Waals surface area contributed by atoms with Crippen molar-refractivity contribution in [1.82, 2.24) is 14.9 Å². The molecule has 1 saturated carbocycles. The predicted molar refractivity (Wildman–Crippen MR) is 106 cm³/mol. The van der Waals surface area contributed by atoms with Crippen LogP contribution in [-0.4, -0.2) is 39.9 Å². The Labute approximate surface area is 171 Å². The summed E-state index contributed by atoms with van der Waals surface area (Å²) < 4.78 is 40.3. The lowest BCUT2D eigenvalue weighted by Crippen LogP contribution is -2.33. The maximum absolute atomic E-state index is 13.4. The number of aromatic nitrogens is 2. The van der Waals surface area contributed by atoms with Crippen LogP contribution in [0.15, 0.2) is 24.4 Å². The average molecular weight is 420 g/mol. The third kappa shape index (κ3) is 4.18. The summed E-state index contributed by atoms with van der Waals surface area (Å²) >= 11 is 0. The van der Waals surface area contributed by atoms with Crippen LogP contribution in [0.1, 0.15) is 47.2 Å². The van der Waals surface area contributed by atoms with Crippen molar-refractivity contribution in [3.05, 3.63) is 41.1 Å². The molecular formula is C20H23F3N6O. The Morgan fingerprint density at radius 3 is 2.63 bits per heavy atom. The molecule has 1 fully saturated rings. The number of nitrogens with zero attached hydrogens (tertiary/aromatic N) is 3. The first-order valence-corrected chi connectivity index (χ1v) is 9.82. The molecule has 1 amide bonds. The summed E-state index contributed by atoms with van der Waals surface area (Å²) in [6, 6.07) is 5.14. The van der Waals surface area contributed by atoms with Crippen molar-refractivity contribution in [2.24, 2.45) is 5.73 Å². The van der Waals surface area contributed by atoms with Gasteiger partial charge in [-0.25, -0.2) is 4.98 Å². The molecule has 30 heavy (non-hydrogen) atoms. The molecule has 2 aromatic rings. The summed E-state index contributed by atoms with van der Waals surface area (Å²) in [5.41, 5.74) is 7.06. The summed E-state index contributed by atoms with van der Waals surface area (Å²) in [6.45, 7) is 0.480. The van der Waals surface area contributed by atoms with Gasteiger partial charge in [0.2, 0.25) is 5.95 Å². The molecule has 7 nitrogen and oxygen atoms in total. The highest BCUT2D eigenvalue weighted by atomic mass is 19.4. The summed E-state index contributed by atoms with van der Waals surface area (Å²) in [7, 11) is 1.71. The summed E-state index contributed by atoms with van der Waals surface area (Å²) in [6.07, 6.45) is -0.870. The molecular weight excluding hydrogens is 397 g/mol. The second-order valence-electron chi connectivity index (χ2n) is 7.87. The van der Waals surface area contributed by atoms with Gasteiger partial charge in [-0.2, -0.15) is 18.2 Å². The molecule has 4 N–H and O–H groups in total. The number of benzene rings is 1. The molecule has 4 rings (SSSR count). The van der Waals surface area contributed by atoms with E-state index in [0.717, 1.165) is 24.6 Å². The molecule has 2 aliphatic rings. The van der Waals surface area contributed by atoms with E-state index in [1.807, 2.05) is 0 Å². The van der Waals surface area contributed by atoms with Crippen molar-refractivity contribution >= 4 is 23.4 Å². The highest BCUT2D eigenvalue weighted by molar-refractivity contribution is 5.98. The third-order valence-electron chi connectivity index (χ3n) is 5.55. The number of carbonyl (C=O) groups excluding carboxylic acids is 1. The molecule has 1 aromatic heterocycles. The Bertz CT molecular complexity index is 956. The van der Waals surface area contributed by atoms with E-state index < -0.39 is 11.7 Å². The zero-order chi connectivity index (χ0) is 21.5. The highest BCUT2D eigenvalue weighted by Crippen LogP contribution is 2.35. The fourth-order valence-electron chi connectivity index (χ4n) is 3.89. The Balaban J connectivity index is 1.57. The number of nitrogens with two attached hydrogens (primary N) is 1. The minimum Gasteiger partial charge on any atom is -0.367 e. The number of carbonyl (C=O) groups is 1. The van der Waals surface area contributed by atoms with Crippen LogP contribution >= 0.6 is 0 Å². The van der Waals surface area contributed by atoms with Gasteiger partial charge in [0.1, 0.15) is 11.4 Å². The van der Waals surface area contributed by atoms with Gasteiger partial charge in [-0.3, -0.25) is 4.79 Å². The van der Waals surface area contributed by atoms with Crippen molar-refractivity contribution in [1.29, 1.82) is 0 Å². The molecule has 1 aliphatic heterocycles. The van der Waals surface area contributed by atoms with Gasteiger partial charge in [-0.1, -0.05) is 0 Å². The fraction of sp³-hybridized carbons (Fsp3) is 0.450. The lowest BCUT2D eigenvalue weighted by atomic mass is 9.92. The number of nitrogens with one attached hydrogen (secondary N) is 2. The number of hydrogen-bond donors (Lipinski definition) is 3. The van der Waals surface area contributed by atoms with E-state index in [1.54, 1.807) is 30.1 Å². The first-order chi connectivity index (χ1) is 14.2. The molecule has 1 aromatic carbocycles.